The molecule has 0 spiro atoms. The minimum atomic E-state index is -0.945. The summed E-state index contributed by atoms with van der Waals surface area (Å²) in [7, 11) is 0. The Morgan fingerprint density at radius 1 is 1.45 bits per heavy atom. The minimum absolute atomic E-state index is 0.264. The van der Waals surface area contributed by atoms with Crippen LogP contribution in [0.4, 0.5) is 0 Å². The number of terminal acetylenes is 1. The molecule has 0 bridgehead atoms. The topological polar surface area (TPSA) is 29.5 Å². The van der Waals surface area contributed by atoms with Crippen LogP contribution in [0.3, 0.4) is 0 Å². The van der Waals surface area contributed by atoms with E-state index in [1.54, 1.807) is 13.8 Å². The lowest BCUT2D eigenvalue weighted by molar-refractivity contribution is 0.142. The van der Waals surface area contributed by atoms with E-state index >= 15 is 0 Å². The third-order valence-corrected chi connectivity index (χ3v) is 0.754. The highest BCUT2D eigenvalue weighted by Gasteiger charge is 2.04. The lowest BCUT2D eigenvalue weighted by Crippen LogP contribution is -2.14. The van der Waals surface area contributed by atoms with Crippen molar-refractivity contribution in [2.45, 2.75) is 19.4 Å². The van der Waals surface area contributed by atoms with Crippen LogP contribution >= 0.6 is 0 Å². The second kappa shape index (κ2) is 4.79. The molecule has 1 N–H and O–H groups in total. The zero-order valence-corrected chi connectivity index (χ0v) is 6.85. The maximum Gasteiger partial charge on any atom is 0.120 e. The molecular formula is C9H12O2. The van der Waals surface area contributed by atoms with Gasteiger partial charge in [-0.1, -0.05) is 17.8 Å². The Hall–Kier alpha value is -0.960. The monoisotopic (exact) mass is 152 g/mol. The van der Waals surface area contributed by atoms with E-state index in [1.807, 2.05) is 0 Å². The van der Waals surface area contributed by atoms with Crippen molar-refractivity contribution in [1.29, 1.82) is 0 Å². The van der Waals surface area contributed by atoms with E-state index in [2.05, 4.69) is 17.8 Å². The van der Waals surface area contributed by atoms with E-state index in [4.69, 9.17) is 16.3 Å². The summed E-state index contributed by atoms with van der Waals surface area (Å²) in [5, 5.41) is 9.10. The van der Waals surface area contributed by atoms with Crippen molar-refractivity contribution in [1.82, 2.24) is 0 Å². The van der Waals surface area contributed by atoms with Gasteiger partial charge in [0.2, 0.25) is 0 Å². The van der Waals surface area contributed by atoms with E-state index in [0.717, 1.165) is 0 Å². The average Bonchev–Trinajstić information content (AvgIpc) is 1.85. The Bertz CT molecular complexity index is 194. The summed E-state index contributed by atoms with van der Waals surface area (Å²) in [5.41, 5.74) is -0.945. The second-order valence-corrected chi connectivity index (χ2v) is 2.56. The summed E-state index contributed by atoms with van der Waals surface area (Å²) in [6.07, 6.45) is 4.92. The summed E-state index contributed by atoms with van der Waals surface area (Å²) < 4.78 is 4.86. The van der Waals surface area contributed by atoms with Crippen LogP contribution in [0.15, 0.2) is 0 Å². The molecule has 11 heavy (non-hydrogen) atoms. The molecule has 0 saturated heterocycles. The molecule has 0 aromatic heterocycles. The fraction of sp³-hybridized carbons (Fsp3) is 0.556. The van der Waals surface area contributed by atoms with Crippen molar-refractivity contribution < 1.29 is 9.84 Å². The number of aliphatic hydroxyl groups is 1. The van der Waals surface area contributed by atoms with Crippen molar-refractivity contribution in [2.24, 2.45) is 0 Å². The highest BCUT2D eigenvalue weighted by Crippen LogP contribution is 1.95. The highest BCUT2D eigenvalue weighted by molar-refractivity contribution is 5.10. The van der Waals surface area contributed by atoms with Gasteiger partial charge >= 0.3 is 0 Å². The molecule has 2 heteroatoms. The fourth-order valence-corrected chi connectivity index (χ4v) is 0.413. The quantitative estimate of drug-likeness (QED) is 0.458. The largest absolute Gasteiger partial charge is 0.378 e. The van der Waals surface area contributed by atoms with Gasteiger partial charge in [0, 0.05) is 0 Å². The van der Waals surface area contributed by atoms with Gasteiger partial charge < -0.3 is 9.84 Å². The summed E-state index contributed by atoms with van der Waals surface area (Å²) >= 11 is 0. The molecule has 0 atom stereocenters. The SMILES string of the molecule is C#CCOCC#CC(C)(C)O. The van der Waals surface area contributed by atoms with Crippen LogP contribution < -0.4 is 0 Å². The normalized spacial score (nSPS) is 9.64. The van der Waals surface area contributed by atoms with Crippen LogP contribution in [0, 0.1) is 24.2 Å². The van der Waals surface area contributed by atoms with Gasteiger partial charge in [-0.25, -0.2) is 0 Å². The molecule has 0 heterocycles. The molecule has 0 aliphatic rings. The molecule has 0 aromatic carbocycles. The number of rotatable bonds is 2. The van der Waals surface area contributed by atoms with Crippen LogP contribution in [0.25, 0.3) is 0 Å². The summed E-state index contributed by atoms with van der Waals surface area (Å²) in [6.45, 7) is 3.76. The third-order valence-electron chi connectivity index (χ3n) is 0.754. The molecule has 0 aromatic rings. The Labute approximate surface area is 67.6 Å². The Kier molecular flexibility index (Phi) is 4.38. The van der Waals surface area contributed by atoms with Crippen molar-refractivity contribution in [2.75, 3.05) is 13.2 Å². The predicted molar refractivity (Wildman–Crippen MR) is 43.7 cm³/mol. The first-order valence-corrected chi connectivity index (χ1v) is 3.30. The molecular weight excluding hydrogens is 140 g/mol. The number of ether oxygens (including phenoxy) is 1. The second-order valence-electron chi connectivity index (χ2n) is 2.56. The molecule has 0 aliphatic carbocycles. The van der Waals surface area contributed by atoms with Gasteiger partial charge in [0.05, 0.1) is 0 Å². The van der Waals surface area contributed by atoms with Gasteiger partial charge in [0.15, 0.2) is 0 Å². The molecule has 0 saturated carbocycles. The minimum Gasteiger partial charge on any atom is -0.378 e. The third kappa shape index (κ3) is 9.04. The molecule has 0 radical (unpaired) electrons. The van der Waals surface area contributed by atoms with Gasteiger partial charge in [-0.3, -0.25) is 0 Å². The van der Waals surface area contributed by atoms with E-state index in [-0.39, 0.29) is 13.2 Å². The van der Waals surface area contributed by atoms with Gasteiger partial charge in [0.1, 0.15) is 18.8 Å². The summed E-state index contributed by atoms with van der Waals surface area (Å²) in [5.74, 6) is 7.55. The summed E-state index contributed by atoms with van der Waals surface area (Å²) in [6, 6.07) is 0. The smallest absolute Gasteiger partial charge is 0.120 e. The van der Waals surface area contributed by atoms with Crippen molar-refractivity contribution in [3.05, 3.63) is 0 Å². The van der Waals surface area contributed by atoms with Crippen LogP contribution in [0.1, 0.15) is 13.8 Å². The molecule has 0 rings (SSSR count). The zero-order valence-electron chi connectivity index (χ0n) is 6.85. The number of hydrogen-bond acceptors (Lipinski definition) is 2. The van der Waals surface area contributed by atoms with E-state index in [1.165, 1.54) is 0 Å². The van der Waals surface area contributed by atoms with Gasteiger partial charge in [-0.05, 0) is 13.8 Å². The van der Waals surface area contributed by atoms with Crippen LogP contribution in [0.2, 0.25) is 0 Å². The van der Waals surface area contributed by atoms with Crippen molar-refractivity contribution >= 4 is 0 Å². The molecule has 0 amide bonds. The first-order valence-electron chi connectivity index (χ1n) is 3.30. The maximum absolute atomic E-state index is 9.10. The Morgan fingerprint density at radius 2 is 2.09 bits per heavy atom. The molecule has 0 aliphatic heterocycles. The lowest BCUT2D eigenvalue weighted by atomic mass is 10.1. The van der Waals surface area contributed by atoms with Gasteiger partial charge in [-0.15, -0.1) is 6.42 Å². The van der Waals surface area contributed by atoms with E-state index in [0.29, 0.717) is 0 Å². The predicted octanol–water partition coefficient (Wildman–Crippen LogP) is 0.411. The first kappa shape index (κ1) is 10.0. The molecule has 0 unspecified atom stereocenters. The van der Waals surface area contributed by atoms with Crippen LogP contribution in [-0.4, -0.2) is 23.9 Å². The highest BCUT2D eigenvalue weighted by atomic mass is 16.5. The lowest BCUT2D eigenvalue weighted by Gasteiger charge is -2.05. The maximum atomic E-state index is 9.10. The standard InChI is InChI=1S/C9H12O2/c1-4-7-11-8-5-6-9(2,3)10/h1,10H,7-8H2,2-3H3. The van der Waals surface area contributed by atoms with Crippen LogP contribution in [-0.2, 0) is 4.74 Å². The van der Waals surface area contributed by atoms with E-state index < -0.39 is 5.60 Å². The fourth-order valence-electron chi connectivity index (χ4n) is 0.413. The first-order chi connectivity index (χ1) is 5.06. The molecule has 0 fully saturated rings. The Balaban J connectivity index is 3.51. The van der Waals surface area contributed by atoms with Crippen LogP contribution in [0.5, 0.6) is 0 Å². The number of hydrogen-bond donors (Lipinski definition) is 1. The van der Waals surface area contributed by atoms with Gasteiger partial charge in [0.25, 0.3) is 0 Å². The van der Waals surface area contributed by atoms with Crippen molar-refractivity contribution in [3.63, 3.8) is 0 Å². The Morgan fingerprint density at radius 3 is 2.55 bits per heavy atom. The molecule has 60 valence electrons. The van der Waals surface area contributed by atoms with Gasteiger partial charge in [-0.2, -0.15) is 0 Å². The van der Waals surface area contributed by atoms with Crippen molar-refractivity contribution in [3.8, 4) is 24.2 Å². The zero-order chi connectivity index (χ0) is 8.74. The van der Waals surface area contributed by atoms with E-state index in [9.17, 15) is 0 Å². The molecule has 2 nitrogen and oxygen atoms in total. The summed E-state index contributed by atoms with van der Waals surface area (Å²) in [4.78, 5) is 0. The average molecular weight is 152 g/mol.